The zero-order chi connectivity index (χ0) is 9.10. The molecule has 72 valence electrons. The molecule has 1 aliphatic carbocycles. The SMILES string of the molecule is NCCn1cc(CNC2CC2)nn1. The molecule has 1 saturated carbocycles. The molecule has 3 N–H and O–H groups in total. The number of hydrogen-bond acceptors (Lipinski definition) is 4. The van der Waals surface area contributed by atoms with Gasteiger partial charge >= 0.3 is 0 Å². The molecule has 0 unspecified atom stereocenters. The average Bonchev–Trinajstić information content (AvgIpc) is 2.85. The molecule has 0 spiro atoms. The van der Waals surface area contributed by atoms with Crippen molar-refractivity contribution in [2.75, 3.05) is 6.54 Å². The largest absolute Gasteiger partial charge is 0.329 e. The molecule has 1 heterocycles. The smallest absolute Gasteiger partial charge is 0.0964 e. The lowest BCUT2D eigenvalue weighted by atomic mass is 10.4. The van der Waals surface area contributed by atoms with Crippen molar-refractivity contribution in [1.29, 1.82) is 0 Å². The number of aromatic nitrogens is 3. The lowest BCUT2D eigenvalue weighted by Crippen LogP contribution is -2.15. The first kappa shape index (κ1) is 8.65. The summed E-state index contributed by atoms with van der Waals surface area (Å²) in [6, 6.07) is 0.722. The quantitative estimate of drug-likeness (QED) is 0.642. The summed E-state index contributed by atoms with van der Waals surface area (Å²) in [5.74, 6) is 0. The molecule has 0 radical (unpaired) electrons. The zero-order valence-corrected chi connectivity index (χ0v) is 7.61. The summed E-state index contributed by atoms with van der Waals surface area (Å²) < 4.78 is 1.78. The Bertz CT molecular complexity index is 265. The Morgan fingerprint density at radius 3 is 3.15 bits per heavy atom. The normalized spacial score (nSPS) is 16.4. The monoisotopic (exact) mass is 181 g/mol. The molecule has 0 saturated heterocycles. The van der Waals surface area contributed by atoms with E-state index < -0.39 is 0 Å². The minimum Gasteiger partial charge on any atom is -0.329 e. The van der Waals surface area contributed by atoms with E-state index in [-0.39, 0.29) is 0 Å². The molecule has 1 fully saturated rings. The molecule has 0 amide bonds. The van der Waals surface area contributed by atoms with E-state index in [1.165, 1.54) is 12.8 Å². The van der Waals surface area contributed by atoms with Gasteiger partial charge in [-0.3, -0.25) is 4.68 Å². The fourth-order valence-corrected chi connectivity index (χ4v) is 1.20. The van der Waals surface area contributed by atoms with Gasteiger partial charge in [-0.2, -0.15) is 0 Å². The Morgan fingerprint density at radius 2 is 2.46 bits per heavy atom. The van der Waals surface area contributed by atoms with E-state index in [1.54, 1.807) is 4.68 Å². The second kappa shape index (κ2) is 3.85. The van der Waals surface area contributed by atoms with Gasteiger partial charge in [0.2, 0.25) is 0 Å². The first-order valence-corrected chi connectivity index (χ1v) is 4.71. The number of nitrogens with zero attached hydrogens (tertiary/aromatic N) is 3. The number of hydrogen-bond donors (Lipinski definition) is 2. The van der Waals surface area contributed by atoms with E-state index in [1.807, 2.05) is 6.20 Å². The van der Waals surface area contributed by atoms with E-state index in [9.17, 15) is 0 Å². The Kier molecular flexibility index (Phi) is 2.56. The maximum atomic E-state index is 5.40. The summed E-state index contributed by atoms with van der Waals surface area (Å²) >= 11 is 0. The van der Waals surface area contributed by atoms with Crippen molar-refractivity contribution in [3.63, 3.8) is 0 Å². The number of nitrogens with two attached hydrogens (primary N) is 1. The third-order valence-corrected chi connectivity index (χ3v) is 2.09. The second-order valence-electron chi connectivity index (χ2n) is 3.42. The highest BCUT2D eigenvalue weighted by Crippen LogP contribution is 2.18. The molecule has 13 heavy (non-hydrogen) atoms. The van der Waals surface area contributed by atoms with Gasteiger partial charge in [0.05, 0.1) is 12.2 Å². The van der Waals surface area contributed by atoms with Crippen LogP contribution in [0.1, 0.15) is 18.5 Å². The first-order chi connectivity index (χ1) is 6.38. The third-order valence-electron chi connectivity index (χ3n) is 2.09. The van der Waals surface area contributed by atoms with Crippen LogP contribution < -0.4 is 11.1 Å². The Balaban J connectivity index is 1.81. The van der Waals surface area contributed by atoms with Crippen LogP contribution in [-0.4, -0.2) is 27.6 Å². The summed E-state index contributed by atoms with van der Waals surface area (Å²) in [7, 11) is 0. The summed E-state index contributed by atoms with van der Waals surface area (Å²) in [6.07, 6.45) is 4.55. The number of nitrogens with one attached hydrogen (secondary N) is 1. The molecule has 2 rings (SSSR count). The van der Waals surface area contributed by atoms with Crippen LogP contribution in [0, 0.1) is 0 Å². The molecule has 1 aliphatic rings. The first-order valence-electron chi connectivity index (χ1n) is 4.71. The lowest BCUT2D eigenvalue weighted by Gasteiger charge is -1.96. The Labute approximate surface area is 77.3 Å². The second-order valence-corrected chi connectivity index (χ2v) is 3.42. The van der Waals surface area contributed by atoms with Crippen LogP contribution in [0.3, 0.4) is 0 Å². The Morgan fingerprint density at radius 1 is 1.62 bits per heavy atom. The van der Waals surface area contributed by atoms with Crippen molar-refractivity contribution in [3.8, 4) is 0 Å². The minimum atomic E-state index is 0.610. The van der Waals surface area contributed by atoms with Crippen molar-refractivity contribution < 1.29 is 0 Å². The van der Waals surface area contributed by atoms with Crippen molar-refractivity contribution in [1.82, 2.24) is 20.3 Å². The predicted octanol–water partition coefficient (Wildman–Crippen LogP) is -0.511. The van der Waals surface area contributed by atoms with Crippen molar-refractivity contribution in [2.24, 2.45) is 5.73 Å². The molecular formula is C8H15N5. The molecule has 5 nitrogen and oxygen atoms in total. The molecule has 0 bridgehead atoms. The van der Waals surface area contributed by atoms with Crippen molar-refractivity contribution >= 4 is 0 Å². The van der Waals surface area contributed by atoms with E-state index in [0.29, 0.717) is 6.54 Å². The minimum absolute atomic E-state index is 0.610. The Hall–Kier alpha value is -0.940. The van der Waals surface area contributed by atoms with Crippen LogP contribution in [0.25, 0.3) is 0 Å². The average molecular weight is 181 g/mol. The summed E-state index contributed by atoms with van der Waals surface area (Å²) in [4.78, 5) is 0. The fourth-order valence-electron chi connectivity index (χ4n) is 1.20. The third kappa shape index (κ3) is 2.50. The van der Waals surface area contributed by atoms with E-state index in [4.69, 9.17) is 5.73 Å². The van der Waals surface area contributed by atoms with Crippen LogP contribution in [0.5, 0.6) is 0 Å². The standard InChI is InChI=1S/C8H15N5/c9-3-4-13-6-8(11-12-13)5-10-7-1-2-7/h6-7,10H,1-5,9H2. The van der Waals surface area contributed by atoms with E-state index in [0.717, 1.165) is 24.8 Å². The molecular weight excluding hydrogens is 166 g/mol. The van der Waals surface area contributed by atoms with Gasteiger partial charge in [0.1, 0.15) is 0 Å². The van der Waals surface area contributed by atoms with Crippen LogP contribution >= 0.6 is 0 Å². The van der Waals surface area contributed by atoms with Gasteiger partial charge in [-0.25, -0.2) is 0 Å². The topological polar surface area (TPSA) is 68.8 Å². The van der Waals surface area contributed by atoms with Crippen LogP contribution in [0.4, 0.5) is 0 Å². The molecule has 1 aromatic rings. The molecule has 0 aliphatic heterocycles. The molecule has 0 atom stereocenters. The van der Waals surface area contributed by atoms with E-state index in [2.05, 4.69) is 15.6 Å². The molecule has 0 aromatic carbocycles. The molecule has 1 aromatic heterocycles. The summed E-state index contributed by atoms with van der Waals surface area (Å²) in [5.41, 5.74) is 6.40. The predicted molar refractivity (Wildman–Crippen MR) is 48.9 cm³/mol. The summed E-state index contributed by atoms with van der Waals surface area (Å²) in [6.45, 7) is 2.19. The van der Waals surface area contributed by atoms with Gasteiger partial charge in [-0.05, 0) is 12.8 Å². The van der Waals surface area contributed by atoms with Gasteiger partial charge < -0.3 is 11.1 Å². The maximum Gasteiger partial charge on any atom is 0.0964 e. The van der Waals surface area contributed by atoms with Gasteiger partial charge in [-0.1, -0.05) is 5.21 Å². The lowest BCUT2D eigenvalue weighted by molar-refractivity contribution is 0.598. The fraction of sp³-hybridized carbons (Fsp3) is 0.750. The zero-order valence-electron chi connectivity index (χ0n) is 7.61. The maximum absolute atomic E-state index is 5.40. The highest BCUT2D eigenvalue weighted by molar-refractivity contribution is 4.94. The van der Waals surface area contributed by atoms with Gasteiger partial charge in [0.15, 0.2) is 0 Å². The molecule has 5 heteroatoms. The van der Waals surface area contributed by atoms with Gasteiger partial charge in [0.25, 0.3) is 0 Å². The van der Waals surface area contributed by atoms with Crippen LogP contribution in [-0.2, 0) is 13.1 Å². The van der Waals surface area contributed by atoms with Crippen LogP contribution in [0.15, 0.2) is 6.20 Å². The highest BCUT2D eigenvalue weighted by atomic mass is 15.4. The van der Waals surface area contributed by atoms with Crippen LogP contribution in [0.2, 0.25) is 0 Å². The van der Waals surface area contributed by atoms with Gasteiger partial charge in [-0.15, -0.1) is 5.10 Å². The van der Waals surface area contributed by atoms with Crippen molar-refractivity contribution in [3.05, 3.63) is 11.9 Å². The van der Waals surface area contributed by atoms with E-state index >= 15 is 0 Å². The highest BCUT2D eigenvalue weighted by Gasteiger charge is 2.20. The summed E-state index contributed by atoms with van der Waals surface area (Å²) in [5, 5.41) is 11.4. The van der Waals surface area contributed by atoms with Gasteiger partial charge in [0, 0.05) is 25.3 Å². The number of rotatable bonds is 5. The van der Waals surface area contributed by atoms with Crippen molar-refractivity contribution in [2.45, 2.75) is 32.0 Å².